The van der Waals surface area contributed by atoms with Crippen molar-refractivity contribution in [3.05, 3.63) is 15.6 Å². The number of carbonyl (C=O) groups is 1. The summed E-state index contributed by atoms with van der Waals surface area (Å²) >= 11 is 1.29. The summed E-state index contributed by atoms with van der Waals surface area (Å²) in [7, 11) is 0. The summed E-state index contributed by atoms with van der Waals surface area (Å²) in [6.45, 7) is 6.66. The molecule has 0 spiro atoms. The average Bonchev–Trinajstić information content (AvgIpc) is 2.91. The highest BCUT2D eigenvalue weighted by molar-refractivity contribution is 7.13. The van der Waals surface area contributed by atoms with Crippen LogP contribution in [0.25, 0.3) is 0 Å². The molecule has 0 radical (unpaired) electrons. The van der Waals surface area contributed by atoms with Crippen LogP contribution in [0.3, 0.4) is 0 Å². The van der Waals surface area contributed by atoms with E-state index >= 15 is 0 Å². The molecule has 0 aromatic carbocycles. The minimum absolute atomic E-state index is 0.220. The number of carboxylic acid groups (broad SMARTS) is 1. The van der Waals surface area contributed by atoms with Crippen molar-refractivity contribution in [3.8, 4) is 0 Å². The first-order valence-electron chi connectivity index (χ1n) is 5.85. The Morgan fingerprint density at radius 1 is 1.53 bits per heavy atom. The highest BCUT2D eigenvalue weighted by atomic mass is 32.1. The third-order valence-corrected chi connectivity index (χ3v) is 3.74. The van der Waals surface area contributed by atoms with Crippen molar-refractivity contribution in [2.75, 3.05) is 0 Å². The molecule has 2 rings (SSSR count). The van der Waals surface area contributed by atoms with E-state index in [0.29, 0.717) is 23.2 Å². The molecule has 4 nitrogen and oxygen atoms in total. The van der Waals surface area contributed by atoms with E-state index in [9.17, 15) is 9.90 Å². The molecule has 1 aliphatic carbocycles. The summed E-state index contributed by atoms with van der Waals surface area (Å²) < 4.78 is 0. The zero-order chi connectivity index (χ0) is 12.6. The number of hydrogen-bond donors (Lipinski definition) is 2. The number of nitrogens with zero attached hydrogens (tertiary/aromatic N) is 1. The van der Waals surface area contributed by atoms with E-state index in [0.717, 1.165) is 5.01 Å². The number of nitrogens with one attached hydrogen (secondary N) is 1. The number of carboxylic acids is 1. The fraction of sp³-hybridized carbons (Fsp3) is 0.667. The minimum Gasteiger partial charge on any atom is -0.477 e. The minimum atomic E-state index is -0.870. The Labute approximate surface area is 105 Å². The average molecular weight is 254 g/mol. The zero-order valence-electron chi connectivity index (χ0n) is 10.4. The maximum absolute atomic E-state index is 11.2. The van der Waals surface area contributed by atoms with Crippen molar-refractivity contribution >= 4 is 17.3 Å². The molecule has 0 atom stereocenters. The standard InChI is InChI=1S/C12H18N2O2S/c1-12(2,3)10-9(11(15)16)17-8(14-10)6-13-7-4-5-7/h7,13H,4-6H2,1-3H3,(H,15,16). The lowest BCUT2D eigenvalue weighted by Gasteiger charge is -2.16. The zero-order valence-corrected chi connectivity index (χ0v) is 11.2. The summed E-state index contributed by atoms with van der Waals surface area (Å²) in [6.07, 6.45) is 2.45. The highest BCUT2D eigenvalue weighted by Crippen LogP contribution is 2.30. The quantitative estimate of drug-likeness (QED) is 0.866. The first-order valence-corrected chi connectivity index (χ1v) is 6.66. The Morgan fingerprint density at radius 3 is 2.59 bits per heavy atom. The van der Waals surface area contributed by atoms with Crippen LogP contribution < -0.4 is 5.32 Å². The molecule has 1 aromatic rings. The van der Waals surface area contributed by atoms with E-state index in [2.05, 4.69) is 10.3 Å². The first kappa shape index (κ1) is 12.5. The van der Waals surface area contributed by atoms with E-state index in [4.69, 9.17) is 0 Å². The molecule has 94 valence electrons. The summed E-state index contributed by atoms with van der Waals surface area (Å²) in [4.78, 5) is 16.0. The predicted octanol–water partition coefficient (Wildman–Crippen LogP) is 2.39. The molecular weight excluding hydrogens is 236 g/mol. The molecule has 0 saturated heterocycles. The molecule has 2 N–H and O–H groups in total. The maximum Gasteiger partial charge on any atom is 0.347 e. The van der Waals surface area contributed by atoms with Gasteiger partial charge in [-0.2, -0.15) is 0 Å². The number of rotatable bonds is 4. The van der Waals surface area contributed by atoms with E-state index in [1.807, 2.05) is 20.8 Å². The van der Waals surface area contributed by atoms with Gasteiger partial charge in [-0.1, -0.05) is 20.8 Å². The Kier molecular flexibility index (Phi) is 3.23. The van der Waals surface area contributed by atoms with Gasteiger partial charge in [0, 0.05) is 18.0 Å². The van der Waals surface area contributed by atoms with E-state index < -0.39 is 5.97 Å². The van der Waals surface area contributed by atoms with Gasteiger partial charge in [0.2, 0.25) is 0 Å². The van der Waals surface area contributed by atoms with Crippen LogP contribution in [-0.2, 0) is 12.0 Å². The third-order valence-electron chi connectivity index (χ3n) is 2.70. The van der Waals surface area contributed by atoms with Gasteiger partial charge in [0.1, 0.15) is 9.88 Å². The number of aromatic nitrogens is 1. The molecule has 1 saturated carbocycles. The third kappa shape index (κ3) is 3.04. The van der Waals surface area contributed by atoms with Crippen LogP contribution in [0.2, 0.25) is 0 Å². The molecule has 1 aromatic heterocycles. The van der Waals surface area contributed by atoms with Crippen molar-refractivity contribution in [1.29, 1.82) is 0 Å². The van der Waals surface area contributed by atoms with Gasteiger partial charge in [0.25, 0.3) is 0 Å². The fourth-order valence-electron chi connectivity index (χ4n) is 1.61. The van der Waals surface area contributed by atoms with Crippen molar-refractivity contribution in [1.82, 2.24) is 10.3 Å². The molecule has 17 heavy (non-hydrogen) atoms. The van der Waals surface area contributed by atoms with Crippen LogP contribution in [0, 0.1) is 0 Å². The van der Waals surface area contributed by atoms with Gasteiger partial charge in [-0.3, -0.25) is 0 Å². The second-order valence-corrected chi connectivity index (χ2v) is 6.58. The van der Waals surface area contributed by atoms with Crippen LogP contribution in [0.5, 0.6) is 0 Å². The topological polar surface area (TPSA) is 62.2 Å². The molecule has 0 unspecified atom stereocenters. The van der Waals surface area contributed by atoms with Gasteiger partial charge in [-0.05, 0) is 12.8 Å². The van der Waals surface area contributed by atoms with Crippen LogP contribution >= 0.6 is 11.3 Å². The van der Waals surface area contributed by atoms with Crippen molar-refractivity contribution < 1.29 is 9.90 Å². The molecule has 1 heterocycles. The van der Waals surface area contributed by atoms with Gasteiger partial charge < -0.3 is 10.4 Å². The lowest BCUT2D eigenvalue weighted by molar-refractivity contribution is 0.0699. The lowest BCUT2D eigenvalue weighted by atomic mass is 9.91. The Balaban J connectivity index is 2.20. The van der Waals surface area contributed by atoms with E-state index in [-0.39, 0.29) is 5.41 Å². The van der Waals surface area contributed by atoms with Crippen LogP contribution in [-0.4, -0.2) is 22.1 Å². The van der Waals surface area contributed by atoms with Gasteiger partial charge >= 0.3 is 5.97 Å². The normalized spacial score (nSPS) is 16.2. The van der Waals surface area contributed by atoms with Crippen molar-refractivity contribution in [2.24, 2.45) is 0 Å². The second kappa shape index (κ2) is 4.38. The lowest BCUT2D eigenvalue weighted by Crippen LogP contribution is -2.17. The molecule has 0 amide bonds. The number of aromatic carboxylic acids is 1. The first-order chi connectivity index (χ1) is 7.88. The smallest absolute Gasteiger partial charge is 0.347 e. The maximum atomic E-state index is 11.2. The van der Waals surface area contributed by atoms with E-state index in [1.165, 1.54) is 24.2 Å². The summed E-state index contributed by atoms with van der Waals surface area (Å²) in [5, 5.41) is 13.4. The number of hydrogen-bond acceptors (Lipinski definition) is 4. The van der Waals surface area contributed by atoms with Gasteiger partial charge in [0.15, 0.2) is 0 Å². The molecular formula is C12H18N2O2S. The molecule has 0 aliphatic heterocycles. The summed E-state index contributed by atoms with van der Waals surface area (Å²) in [5.41, 5.74) is 0.477. The molecule has 0 bridgehead atoms. The van der Waals surface area contributed by atoms with Gasteiger partial charge in [-0.25, -0.2) is 9.78 Å². The predicted molar refractivity (Wildman–Crippen MR) is 67.6 cm³/mol. The fourth-order valence-corrected chi connectivity index (χ4v) is 2.68. The highest BCUT2D eigenvalue weighted by Gasteiger charge is 2.27. The van der Waals surface area contributed by atoms with Gasteiger partial charge in [-0.15, -0.1) is 11.3 Å². The summed E-state index contributed by atoms with van der Waals surface area (Å²) in [5.74, 6) is -0.870. The van der Waals surface area contributed by atoms with Crippen LogP contribution in [0.1, 0.15) is 54.0 Å². The summed E-state index contributed by atoms with van der Waals surface area (Å²) in [6, 6.07) is 0.616. The van der Waals surface area contributed by atoms with Crippen LogP contribution in [0.15, 0.2) is 0 Å². The Hall–Kier alpha value is -0.940. The SMILES string of the molecule is CC(C)(C)c1nc(CNC2CC2)sc1C(=O)O. The monoisotopic (exact) mass is 254 g/mol. The second-order valence-electron chi connectivity index (χ2n) is 5.50. The largest absolute Gasteiger partial charge is 0.477 e. The molecule has 5 heteroatoms. The van der Waals surface area contributed by atoms with Gasteiger partial charge in [0.05, 0.1) is 5.69 Å². The van der Waals surface area contributed by atoms with E-state index in [1.54, 1.807) is 0 Å². The Morgan fingerprint density at radius 2 is 2.18 bits per heavy atom. The number of thiazole rings is 1. The molecule has 1 aliphatic rings. The molecule has 1 fully saturated rings. The van der Waals surface area contributed by atoms with Crippen molar-refractivity contribution in [3.63, 3.8) is 0 Å². The van der Waals surface area contributed by atoms with Crippen LogP contribution in [0.4, 0.5) is 0 Å². The Bertz CT molecular complexity index is 430. The van der Waals surface area contributed by atoms with Crippen molar-refractivity contribution in [2.45, 2.75) is 51.6 Å².